The fraction of sp³-hybridized carbons (Fsp3) is 0.222. The van der Waals surface area contributed by atoms with Crippen molar-refractivity contribution in [1.29, 1.82) is 0 Å². The van der Waals surface area contributed by atoms with E-state index < -0.39 is 11.9 Å². The minimum atomic E-state index is -0.521. The number of amides is 1. The van der Waals surface area contributed by atoms with Crippen molar-refractivity contribution in [1.82, 2.24) is 5.43 Å². The molecule has 1 N–H and O–H groups in total. The second-order valence-corrected chi connectivity index (χ2v) is 7.57. The van der Waals surface area contributed by atoms with Crippen molar-refractivity contribution < 1.29 is 28.5 Å². The van der Waals surface area contributed by atoms with Gasteiger partial charge in [-0.05, 0) is 79.1 Å². The summed E-state index contributed by atoms with van der Waals surface area (Å²) in [6.07, 6.45) is 2.35. The summed E-state index contributed by atoms with van der Waals surface area (Å²) in [6, 6.07) is 19.1. The molecule has 3 aromatic rings. The highest BCUT2D eigenvalue weighted by molar-refractivity contribution is 5.92. The van der Waals surface area contributed by atoms with Crippen molar-refractivity contribution in [3.05, 3.63) is 83.4 Å². The number of hydrogen-bond acceptors (Lipinski definition) is 7. The third-order valence-corrected chi connectivity index (χ3v) is 4.72. The Bertz CT molecular complexity index is 1170. The van der Waals surface area contributed by atoms with Crippen LogP contribution in [0.15, 0.2) is 71.8 Å². The molecule has 0 heterocycles. The van der Waals surface area contributed by atoms with Crippen LogP contribution >= 0.6 is 0 Å². The predicted molar refractivity (Wildman–Crippen MR) is 133 cm³/mol. The molecule has 0 spiro atoms. The van der Waals surface area contributed by atoms with Gasteiger partial charge >= 0.3 is 5.97 Å². The van der Waals surface area contributed by atoms with E-state index in [9.17, 15) is 9.59 Å². The number of methoxy groups -OCH3 is 1. The van der Waals surface area contributed by atoms with Crippen LogP contribution in [0.1, 0.15) is 34.8 Å². The Morgan fingerprint density at radius 3 is 2.46 bits per heavy atom. The van der Waals surface area contributed by atoms with E-state index in [2.05, 4.69) is 10.5 Å². The lowest BCUT2D eigenvalue weighted by Crippen LogP contribution is -2.24. The molecule has 0 aliphatic carbocycles. The van der Waals surface area contributed by atoms with E-state index in [1.54, 1.807) is 48.5 Å². The number of benzene rings is 3. The van der Waals surface area contributed by atoms with E-state index in [0.29, 0.717) is 35.0 Å². The molecular formula is C27H28N2O6. The number of hydrogen-bond donors (Lipinski definition) is 1. The third-order valence-electron chi connectivity index (χ3n) is 4.72. The second kappa shape index (κ2) is 12.8. The molecule has 0 saturated carbocycles. The molecule has 0 unspecified atom stereocenters. The van der Waals surface area contributed by atoms with Gasteiger partial charge in [-0.3, -0.25) is 4.79 Å². The van der Waals surface area contributed by atoms with Crippen LogP contribution in [0.5, 0.6) is 23.0 Å². The van der Waals surface area contributed by atoms with Crippen LogP contribution in [-0.2, 0) is 4.79 Å². The summed E-state index contributed by atoms with van der Waals surface area (Å²) in [7, 11) is 1.47. The van der Waals surface area contributed by atoms with Crippen LogP contribution in [-0.4, -0.2) is 38.4 Å². The van der Waals surface area contributed by atoms with E-state index in [4.69, 9.17) is 18.9 Å². The predicted octanol–water partition coefficient (Wildman–Crippen LogP) is 4.54. The first-order valence-corrected chi connectivity index (χ1v) is 11.1. The van der Waals surface area contributed by atoms with Crippen molar-refractivity contribution in [3.8, 4) is 23.0 Å². The molecule has 0 fully saturated rings. The van der Waals surface area contributed by atoms with Crippen LogP contribution in [0.3, 0.4) is 0 Å². The number of rotatable bonds is 11. The van der Waals surface area contributed by atoms with Crippen molar-refractivity contribution in [2.75, 3.05) is 20.3 Å². The summed E-state index contributed by atoms with van der Waals surface area (Å²) >= 11 is 0. The molecule has 0 atom stereocenters. The molecule has 0 aliphatic heterocycles. The zero-order valence-electron chi connectivity index (χ0n) is 19.9. The van der Waals surface area contributed by atoms with Crippen LogP contribution in [0.2, 0.25) is 0 Å². The number of hydrazone groups is 1. The van der Waals surface area contributed by atoms with Crippen LogP contribution in [0.4, 0.5) is 0 Å². The molecule has 0 radical (unpaired) electrons. The Labute approximate surface area is 204 Å². The summed E-state index contributed by atoms with van der Waals surface area (Å²) in [6.45, 7) is 4.42. The van der Waals surface area contributed by atoms with Gasteiger partial charge in [-0.1, -0.05) is 19.1 Å². The van der Waals surface area contributed by atoms with E-state index in [1.807, 2.05) is 32.0 Å². The van der Waals surface area contributed by atoms with E-state index in [1.165, 1.54) is 13.3 Å². The highest BCUT2D eigenvalue weighted by atomic mass is 16.6. The minimum absolute atomic E-state index is 0.162. The van der Waals surface area contributed by atoms with Crippen molar-refractivity contribution >= 4 is 18.1 Å². The Morgan fingerprint density at radius 2 is 1.74 bits per heavy atom. The molecule has 8 nitrogen and oxygen atoms in total. The van der Waals surface area contributed by atoms with Crippen molar-refractivity contribution in [2.24, 2.45) is 5.10 Å². The monoisotopic (exact) mass is 476 g/mol. The van der Waals surface area contributed by atoms with Gasteiger partial charge in [-0.15, -0.1) is 0 Å². The second-order valence-electron chi connectivity index (χ2n) is 7.57. The fourth-order valence-corrected chi connectivity index (χ4v) is 2.98. The van der Waals surface area contributed by atoms with Gasteiger partial charge in [-0.25, -0.2) is 10.2 Å². The summed E-state index contributed by atoms with van der Waals surface area (Å²) in [5.74, 6) is 0.994. The maximum Gasteiger partial charge on any atom is 0.343 e. The van der Waals surface area contributed by atoms with E-state index >= 15 is 0 Å². The number of esters is 1. The van der Waals surface area contributed by atoms with Gasteiger partial charge in [0.2, 0.25) is 0 Å². The number of nitrogens with one attached hydrogen (secondary N) is 1. The molecule has 182 valence electrons. The molecule has 0 bridgehead atoms. The third kappa shape index (κ3) is 7.89. The number of aryl methyl sites for hydroxylation is 1. The molecule has 8 heteroatoms. The van der Waals surface area contributed by atoms with E-state index in [0.717, 1.165) is 12.0 Å². The Kier molecular flexibility index (Phi) is 9.24. The van der Waals surface area contributed by atoms with Crippen molar-refractivity contribution in [2.45, 2.75) is 20.3 Å². The Balaban J connectivity index is 1.54. The SMILES string of the molecule is CCCOc1ccc(C(=O)Oc2ccc(/C=N/NC(=O)COc3cccc(C)c3)cc2OC)cc1. The number of nitrogens with zero attached hydrogens (tertiary/aromatic N) is 1. The van der Waals surface area contributed by atoms with Gasteiger partial charge < -0.3 is 18.9 Å². The highest BCUT2D eigenvalue weighted by Gasteiger charge is 2.13. The first-order valence-electron chi connectivity index (χ1n) is 11.1. The smallest absolute Gasteiger partial charge is 0.343 e. The zero-order chi connectivity index (χ0) is 25.0. The first-order chi connectivity index (χ1) is 17.0. The van der Waals surface area contributed by atoms with Crippen LogP contribution < -0.4 is 24.4 Å². The molecule has 0 aromatic heterocycles. The summed E-state index contributed by atoms with van der Waals surface area (Å²) in [5, 5.41) is 3.93. The molecule has 3 aromatic carbocycles. The van der Waals surface area contributed by atoms with Gasteiger partial charge in [-0.2, -0.15) is 5.10 Å². The van der Waals surface area contributed by atoms with Gasteiger partial charge in [0.05, 0.1) is 25.5 Å². The number of ether oxygens (including phenoxy) is 4. The highest BCUT2D eigenvalue weighted by Crippen LogP contribution is 2.28. The Hall–Kier alpha value is -4.33. The maximum atomic E-state index is 12.5. The largest absolute Gasteiger partial charge is 0.494 e. The van der Waals surface area contributed by atoms with Gasteiger partial charge in [0, 0.05) is 0 Å². The minimum Gasteiger partial charge on any atom is -0.494 e. The normalized spacial score (nSPS) is 10.6. The van der Waals surface area contributed by atoms with Crippen LogP contribution in [0.25, 0.3) is 0 Å². The average Bonchev–Trinajstić information content (AvgIpc) is 2.87. The molecule has 3 rings (SSSR count). The van der Waals surface area contributed by atoms with Gasteiger partial charge in [0.15, 0.2) is 18.1 Å². The summed E-state index contributed by atoms with van der Waals surface area (Å²) < 4.78 is 21.8. The quantitative estimate of drug-likeness (QED) is 0.189. The maximum absolute atomic E-state index is 12.5. The average molecular weight is 477 g/mol. The van der Waals surface area contributed by atoms with Gasteiger partial charge in [0.25, 0.3) is 5.91 Å². The Morgan fingerprint density at radius 1 is 0.943 bits per heavy atom. The molecular weight excluding hydrogens is 448 g/mol. The van der Waals surface area contributed by atoms with E-state index in [-0.39, 0.29) is 12.4 Å². The molecule has 0 saturated heterocycles. The molecule has 0 aliphatic rings. The lowest BCUT2D eigenvalue weighted by molar-refractivity contribution is -0.123. The lowest BCUT2D eigenvalue weighted by atomic mass is 10.2. The standard InChI is InChI=1S/C27H28N2O6/c1-4-14-33-22-11-9-21(10-12-22)27(31)35-24-13-8-20(16-25(24)32-3)17-28-29-26(30)18-34-23-7-5-6-19(2)15-23/h5-13,15-17H,4,14,18H2,1-3H3,(H,29,30)/b28-17+. The zero-order valence-corrected chi connectivity index (χ0v) is 19.9. The topological polar surface area (TPSA) is 95.5 Å². The number of carbonyl (C=O) groups is 2. The van der Waals surface area contributed by atoms with Crippen molar-refractivity contribution in [3.63, 3.8) is 0 Å². The number of carbonyl (C=O) groups excluding carboxylic acids is 2. The molecule has 1 amide bonds. The first kappa shape index (κ1) is 25.3. The molecule has 35 heavy (non-hydrogen) atoms. The fourth-order valence-electron chi connectivity index (χ4n) is 2.98. The summed E-state index contributed by atoms with van der Waals surface area (Å²) in [5.41, 5.74) is 4.47. The van der Waals surface area contributed by atoms with Crippen LogP contribution in [0, 0.1) is 6.92 Å². The lowest BCUT2D eigenvalue weighted by Gasteiger charge is -2.10. The summed E-state index contributed by atoms with van der Waals surface area (Å²) in [4.78, 5) is 24.5. The van der Waals surface area contributed by atoms with Gasteiger partial charge in [0.1, 0.15) is 11.5 Å².